The fraction of sp³-hybridized carbons (Fsp3) is 0.500. The first-order chi connectivity index (χ1) is 9.65. The number of aromatic nitrogens is 3. The molecule has 1 unspecified atom stereocenters. The van der Waals surface area contributed by atoms with Gasteiger partial charge in [-0.05, 0) is 25.3 Å². The number of alkyl halides is 2. The minimum Gasteiger partial charge on any atom is -0.413 e. The average molecular weight is 285 g/mol. The normalized spacial score (nSPS) is 19.6. The topological polar surface area (TPSA) is 69.1 Å². The van der Waals surface area contributed by atoms with Crippen LogP contribution in [0.4, 0.5) is 8.78 Å². The fourth-order valence-electron chi connectivity index (χ4n) is 2.33. The number of rotatable bonds is 3. The zero-order valence-electron chi connectivity index (χ0n) is 10.5. The number of nitrogens with one attached hydrogen (secondary N) is 1. The van der Waals surface area contributed by atoms with Crippen LogP contribution in [0, 0.1) is 0 Å². The van der Waals surface area contributed by atoms with Crippen molar-refractivity contribution in [2.75, 3.05) is 6.61 Å². The monoisotopic (exact) mass is 285 g/mol. The summed E-state index contributed by atoms with van der Waals surface area (Å²) >= 11 is 0. The van der Waals surface area contributed by atoms with Crippen LogP contribution in [0.25, 0.3) is 11.0 Å². The SMILES string of the molecule is O=c1ccc2c([nH]1)c(OC(F)F)nn2C1CCCCO1. The first kappa shape index (κ1) is 13.0. The third kappa shape index (κ3) is 2.38. The summed E-state index contributed by atoms with van der Waals surface area (Å²) in [6.07, 6.45) is 2.35. The van der Waals surface area contributed by atoms with Crippen molar-refractivity contribution in [2.45, 2.75) is 32.1 Å². The van der Waals surface area contributed by atoms with Gasteiger partial charge in [-0.2, -0.15) is 8.78 Å². The first-order valence-electron chi connectivity index (χ1n) is 6.33. The van der Waals surface area contributed by atoms with Gasteiger partial charge >= 0.3 is 6.61 Å². The molecule has 2 aromatic rings. The highest BCUT2D eigenvalue weighted by Gasteiger charge is 2.23. The summed E-state index contributed by atoms with van der Waals surface area (Å²) in [5.74, 6) is -0.290. The van der Waals surface area contributed by atoms with Crippen LogP contribution in [-0.2, 0) is 4.74 Å². The van der Waals surface area contributed by atoms with E-state index in [0.29, 0.717) is 12.1 Å². The molecule has 2 aromatic heterocycles. The second-order valence-corrected chi connectivity index (χ2v) is 4.53. The van der Waals surface area contributed by atoms with E-state index in [4.69, 9.17) is 4.74 Å². The van der Waals surface area contributed by atoms with Crippen LogP contribution in [0.2, 0.25) is 0 Å². The molecule has 1 aliphatic heterocycles. The largest absolute Gasteiger partial charge is 0.413 e. The number of fused-ring (bicyclic) bond motifs is 1. The fourth-order valence-corrected chi connectivity index (χ4v) is 2.33. The predicted octanol–water partition coefficient (Wildman–Crippen LogP) is 2.03. The van der Waals surface area contributed by atoms with E-state index >= 15 is 0 Å². The van der Waals surface area contributed by atoms with E-state index in [0.717, 1.165) is 19.3 Å². The van der Waals surface area contributed by atoms with E-state index in [2.05, 4.69) is 14.8 Å². The van der Waals surface area contributed by atoms with Crippen molar-refractivity contribution in [2.24, 2.45) is 0 Å². The molecule has 1 fully saturated rings. The molecule has 1 atom stereocenters. The van der Waals surface area contributed by atoms with Crippen molar-refractivity contribution >= 4 is 11.0 Å². The summed E-state index contributed by atoms with van der Waals surface area (Å²) in [6, 6.07) is 2.84. The molecular formula is C12H13F2N3O3. The third-order valence-corrected chi connectivity index (χ3v) is 3.19. The van der Waals surface area contributed by atoms with Gasteiger partial charge in [0.05, 0.1) is 5.52 Å². The Hall–Kier alpha value is -1.96. The van der Waals surface area contributed by atoms with Crippen molar-refractivity contribution in [3.05, 3.63) is 22.5 Å². The Morgan fingerprint density at radius 2 is 2.30 bits per heavy atom. The molecule has 0 aromatic carbocycles. The molecule has 1 aliphatic rings. The lowest BCUT2D eigenvalue weighted by Crippen LogP contribution is -2.19. The van der Waals surface area contributed by atoms with E-state index in [1.54, 1.807) is 0 Å². The van der Waals surface area contributed by atoms with Crippen LogP contribution in [0.1, 0.15) is 25.5 Å². The molecule has 1 saturated heterocycles. The van der Waals surface area contributed by atoms with Crippen molar-refractivity contribution in [1.82, 2.24) is 14.8 Å². The van der Waals surface area contributed by atoms with Gasteiger partial charge in [0.25, 0.3) is 5.88 Å². The number of halogens is 2. The van der Waals surface area contributed by atoms with E-state index in [-0.39, 0.29) is 17.6 Å². The quantitative estimate of drug-likeness (QED) is 0.936. The Bertz CT molecular complexity index is 662. The zero-order valence-corrected chi connectivity index (χ0v) is 10.5. The van der Waals surface area contributed by atoms with Crippen molar-refractivity contribution in [3.8, 4) is 5.88 Å². The zero-order chi connectivity index (χ0) is 14.1. The maximum absolute atomic E-state index is 12.4. The van der Waals surface area contributed by atoms with Crippen LogP contribution in [0.3, 0.4) is 0 Å². The van der Waals surface area contributed by atoms with Crippen molar-refractivity contribution < 1.29 is 18.3 Å². The second kappa shape index (κ2) is 5.20. The first-order valence-corrected chi connectivity index (χ1v) is 6.33. The molecule has 1 N–H and O–H groups in total. The van der Waals surface area contributed by atoms with Crippen molar-refractivity contribution in [3.63, 3.8) is 0 Å². The van der Waals surface area contributed by atoms with E-state index in [1.807, 2.05) is 0 Å². The molecule has 0 aliphatic carbocycles. The van der Waals surface area contributed by atoms with Gasteiger partial charge in [-0.15, -0.1) is 5.10 Å². The van der Waals surface area contributed by atoms with Crippen molar-refractivity contribution in [1.29, 1.82) is 0 Å². The molecule has 3 rings (SSSR count). The van der Waals surface area contributed by atoms with Gasteiger partial charge in [-0.1, -0.05) is 0 Å². The molecule has 108 valence electrons. The lowest BCUT2D eigenvalue weighted by atomic mass is 10.2. The summed E-state index contributed by atoms with van der Waals surface area (Å²) < 4.78 is 36.2. The number of nitrogens with zero attached hydrogens (tertiary/aromatic N) is 2. The molecule has 8 heteroatoms. The molecule has 0 bridgehead atoms. The van der Waals surface area contributed by atoms with Gasteiger partial charge in [-0.3, -0.25) is 4.79 Å². The summed E-state index contributed by atoms with van der Waals surface area (Å²) in [6.45, 7) is -2.40. The summed E-state index contributed by atoms with van der Waals surface area (Å²) in [7, 11) is 0. The highest BCUT2D eigenvalue weighted by molar-refractivity contribution is 5.80. The molecule has 3 heterocycles. The number of hydrogen-bond donors (Lipinski definition) is 1. The number of hydrogen-bond acceptors (Lipinski definition) is 4. The summed E-state index contributed by atoms with van der Waals surface area (Å²) in [4.78, 5) is 13.8. The van der Waals surface area contributed by atoms with E-state index < -0.39 is 12.2 Å². The van der Waals surface area contributed by atoms with Crippen LogP contribution in [0.15, 0.2) is 16.9 Å². The molecule has 6 nitrogen and oxygen atoms in total. The Balaban J connectivity index is 2.09. The highest BCUT2D eigenvalue weighted by atomic mass is 19.3. The standard InChI is InChI=1S/C12H13F2N3O3/c13-12(14)20-11-10-7(4-5-8(18)15-10)17(16-11)9-3-1-2-6-19-9/h4-5,9,12H,1-3,6H2,(H,15,18). The maximum Gasteiger partial charge on any atom is 0.388 e. The molecule has 20 heavy (non-hydrogen) atoms. The Morgan fingerprint density at radius 3 is 3.00 bits per heavy atom. The molecule has 0 spiro atoms. The number of H-pyrrole nitrogens is 1. The van der Waals surface area contributed by atoms with E-state index in [9.17, 15) is 13.6 Å². The van der Waals surface area contributed by atoms with Crippen LogP contribution >= 0.6 is 0 Å². The van der Waals surface area contributed by atoms with Crippen LogP contribution in [0.5, 0.6) is 5.88 Å². The Kier molecular flexibility index (Phi) is 3.39. The molecule has 0 amide bonds. The maximum atomic E-state index is 12.4. The van der Waals surface area contributed by atoms with Gasteiger partial charge in [0.1, 0.15) is 5.52 Å². The Labute approximate surface area is 112 Å². The third-order valence-electron chi connectivity index (χ3n) is 3.19. The molecular weight excluding hydrogens is 272 g/mol. The smallest absolute Gasteiger partial charge is 0.388 e. The highest BCUT2D eigenvalue weighted by Crippen LogP contribution is 2.30. The van der Waals surface area contributed by atoms with Crippen LogP contribution in [-0.4, -0.2) is 28.0 Å². The van der Waals surface area contributed by atoms with Gasteiger partial charge in [0.15, 0.2) is 6.23 Å². The number of pyridine rings is 1. The Morgan fingerprint density at radius 1 is 1.45 bits per heavy atom. The lowest BCUT2D eigenvalue weighted by molar-refractivity contribution is -0.0578. The minimum atomic E-state index is -3.00. The van der Waals surface area contributed by atoms with Gasteiger partial charge in [-0.25, -0.2) is 4.68 Å². The molecule has 0 radical (unpaired) electrons. The minimum absolute atomic E-state index is 0.159. The van der Waals surface area contributed by atoms with Gasteiger partial charge in [0.2, 0.25) is 5.56 Å². The van der Waals surface area contributed by atoms with Gasteiger partial charge < -0.3 is 14.5 Å². The second-order valence-electron chi connectivity index (χ2n) is 4.53. The number of ether oxygens (including phenoxy) is 2. The van der Waals surface area contributed by atoms with Crippen LogP contribution < -0.4 is 10.3 Å². The predicted molar refractivity (Wildman–Crippen MR) is 65.8 cm³/mol. The summed E-state index contributed by atoms with van der Waals surface area (Å²) in [5.41, 5.74) is 0.264. The molecule has 0 saturated carbocycles. The lowest BCUT2D eigenvalue weighted by Gasteiger charge is -2.23. The average Bonchev–Trinajstić information content (AvgIpc) is 2.77. The van der Waals surface area contributed by atoms with Gasteiger partial charge in [0, 0.05) is 12.7 Å². The van der Waals surface area contributed by atoms with E-state index in [1.165, 1.54) is 16.8 Å². The summed E-state index contributed by atoms with van der Waals surface area (Å²) in [5, 5.41) is 4.01. The number of aromatic amines is 1.